The predicted octanol–water partition coefficient (Wildman–Crippen LogP) is 3.78. The highest BCUT2D eigenvalue weighted by Gasteiger charge is 2.00. The van der Waals surface area contributed by atoms with Crippen LogP contribution in [0.5, 0.6) is 5.75 Å². The standard InChI is InChI=1S/C15H15ClFNO/c1-19-15-4-2-11(3-5-15)9-18-10-12-6-13(16)8-14(17)7-12/h2-8,18H,9-10H2,1H3. The fourth-order valence-electron chi connectivity index (χ4n) is 1.81. The summed E-state index contributed by atoms with van der Waals surface area (Å²) in [4.78, 5) is 0. The van der Waals surface area contributed by atoms with E-state index in [9.17, 15) is 4.39 Å². The maximum absolute atomic E-state index is 13.1. The first-order chi connectivity index (χ1) is 9.17. The minimum absolute atomic E-state index is 0.311. The molecule has 0 heterocycles. The third-order valence-corrected chi connectivity index (χ3v) is 2.96. The summed E-state index contributed by atoms with van der Waals surface area (Å²) in [5.41, 5.74) is 1.97. The van der Waals surface area contributed by atoms with Crippen LogP contribution in [0.4, 0.5) is 4.39 Å². The van der Waals surface area contributed by atoms with Crippen LogP contribution in [-0.2, 0) is 13.1 Å². The first kappa shape index (κ1) is 13.8. The molecule has 0 bridgehead atoms. The molecule has 2 rings (SSSR count). The average Bonchev–Trinajstić information content (AvgIpc) is 2.38. The van der Waals surface area contributed by atoms with Gasteiger partial charge in [-0.2, -0.15) is 0 Å². The van der Waals surface area contributed by atoms with Crippen LogP contribution in [0.2, 0.25) is 5.02 Å². The second-order valence-corrected chi connectivity index (χ2v) is 4.67. The summed E-state index contributed by atoms with van der Waals surface area (Å²) in [5.74, 6) is 0.523. The van der Waals surface area contributed by atoms with Crippen LogP contribution in [-0.4, -0.2) is 7.11 Å². The number of hydrogen-bond acceptors (Lipinski definition) is 2. The van der Waals surface area contributed by atoms with Crippen molar-refractivity contribution < 1.29 is 9.13 Å². The number of hydrogen-bond donors (Lipinski definition) is 1. The summed E-state index contributed by atoms with van der Waals surface area (Å²) >= 11 is 5.80. The Morgan fingerprint density at radius 2 is 1.74 bits per heavy atom. The van der Waals surface area contributed by atoms with E-state index in [-0.39, 0.29) is 5.82 Å². The van der Waals surface area contributed by atoms with Gasteiger partial charge in [-0.3, -0.25) is 0 Å². The van der Waals surface area contributed by atoms with Gasteiger partial charge in [0.1, 0.15) is 11.6 Å². The molecule has 2 aromatic rings. The third-order valence-electron chi connectivity index (χ3n) is 2.74. The summed E-state index contributed by atoms with van der Waals surface area (Å²) in [7, 11) is 1.64. The molecule has 100 valence electrons. The van der Waals surface area contributed by atoms with E-state index in [1.807, 2.05) is 24.3 Å². The largest absolute Gasteiger partial charge is 0.497 e. The van der Waals surface area contributed by atoms with Crippen molar-refractivity contribution in [1.29, 1.82) is 0 Å². The molecule has 0 atom stereocenters. The second-order valence-electron chi connectivity index (χ2n) is 4.23. The van der Waals surface area contributed by atoms with Crippen molar-refractivity contribution in [2.75, 3.05) is 7.11 Å². The van der Waals surface area contributed by atoms with Crippen LogP contribution in [0.25, 0.3) is 0 Å². The number of rotatable bonds is 5. The lowest BCUT2D eigenvalue weighted by atomic mass is 10.2. The molecule has 0 saturated carbocycles. The smallest absolute Gasteiger partial charge is 0.125 e. The number of methoxy groups -OCH3 is 1. The van der Waals surface area contributed by atoms with E-state index in [0.717, 1.165) is 16.9 Å². The van der Waals surface area contributed by atoms with E-state index >= 15 is 0 Å². The minimum atomic E-state index is -0.311. The maximum atomic E-state index is 13.1. The third kappa shape index (κ3) is 4.23. The second kappa shape index (κ2) is 6.55. The van der Waals surface area contributed by atoms with Crippen molar-refractivity contribution in [2.24, 2.45) is 0 Å². The first-order valence-electron chi connectivity index (χ1n) is 5.96. The van der Waals surface area contributed by atoms with Crippen molar-refractivity contribution in [3.63, 3.8) is 0 Å². The maximum Gasteiger partial charge on any atom is 0.125 e. The van der Waals surface area contributed by atoms with Crippen molar-refractivity contribution in [3.05, 3.63) is 64.4 Å². The first-order valence-corrected chi connectivity index (χ1v) is 6.34. The molecule has 2 aromatic carbocycles. The topological polar surface area (TPSA) is 21.3 Å². The van der Waals surface area contributed by atoms with E-state index < -0.39 is 0 Å². The highest BCUT2D eigenvalue weighted by atomic mass is 35.5. The SMILES string of the molecule is COc1ccc(CNCc2cc(F)cc(Cl)c2)cc1. The molecular formula is C15H15ClFNO. The number of ether oxygens (including phenoxy) is 1. The molecule has 4 heteroatoms. The van der Waals surface area contributed by atoms with Gasteiger partial charge in [-0.15, -0.1) is 0 Å². The van der Waals surface area contributed by atoms with E-state index in [2.05, 4.69) is 5.32 Å². The summed E-state index contributed by atoms with van der Waals surface area (Å²) in [6.07, 6.45) is 0. The van der Waals surface area contributed by atoms with Gasteiger partial charge in [0, 0.05) is 18.1 Å². The van der Waals surface area contributed by atoms with Gasteiger partial charge in [0.05, 0.1) is 7.11 Å². The molecule has 0 aliphatic heterocycles. The molecule has 2 nitrogen and oxygen atoms in total. The number of nitrogens with one attached hydrogen (secondary N) is 1. The van der Waals surface area contributed by atoms with Crippen molar-refractivity contribution >= 4 is 11.6 Å². The number of benzene rings is 2. The van der Waals surface area contributed by atoms with Gasteiger partial charge in [-0.1, -0.05) is 23.7 Å². The van der Waals surface area contributed by atoms with Crippen molar-refractivity contribution in [1.82, 2.24) is 5.32 Å². The zero-order chi connectivity index (χ0) is 13.7. The fraction of sp³-hybridized carbons (Fsp3) is 0.200. The van der Waals surface area contributed by atoms with Crippen LogP contribution >= 0.6 is 11.6 Å². The molecule has 0 radical (unpaired) electrons. The van der Waals surface area contributed by atoms with Crippen molar-refractivity contribution in [3.8, 4) is 5.75 Å². The monoisotopic (exact) mass is 279 g/mol. The van der Waals surface area contributed by atoms with Gasteiger partial charge < -0.3 is 10.1 Å². The lowest BCUT2D eigenvalue weighted by Gasteiger charge is -2.07. The Labute approximate surface area is 117 Å². The Morgan fingerprint density at radius 1 is 1.05 bits per heavy atom. The molecular weight excluding hydrogens is 265 g/mol. The fourth-order valence-corrected chi connectivity index (χ4v) is 2.05. The van der Waals surface area contributed by atoms with Crippen molar-refractivity contribution in [2.45, 2.75) is 13.1 Å². The lowest BCUT2D eigenvalue weighted by Crippen LogP contribution is -2.12. The highest BCUT2D eigenvalue weighted by Crippen LogP contribution is 2.14. The highest BCUT2D eigenvalue weighted by molar-refractivity contribution is 6.30. The molecule has 0 aromatic heterocycles. The molecule has 19 heavy (non-hydrogen) atoms. The Kier molecular flexibility index (Phi) is 4.77. The van der Waals surface area contributed by atoms with Gasteiger partial charge in [-0.25, -0.2) is 4.39 Å². The zero-order valence-electron chi connectivity index (χ0n) is 10.6. The molecule has 0 aliphatic carbocycles. The summed E-state index contributed by atoms with van der Waals surface area (Å²) in [6, 6.07) is 12.3. The van der Waals surface area contributed by atoms with Gasteiger partial charge in [0.15, 0.2) is 0 Å². The van der Waals surface area contributed by atoms with E-state index in [4.69, 9.17) is 16.3 Å². The normalized spacial score (nSPS) is 10.5. The molecule has 0 unspecified atom stereocenters. The Morgan fingerprint density at radius 3 is 2.37 bits per heavy atom. The van der Waals surface area contributed by atoms with Crippen LogP contribution in [0, 0.1) is 5.82 Å². The summed E-state index contributed by atoms with van der Waals surface area (Å²) in [6.45, 7) is 1.28. The number of halogens is 2. The van der Waals surface area contributed by atoms with Gasteiger partial charge >= 0.3 is 0 Å². The Balaban J connectivity index is 1.88. The van der Waals surface area contributed by atoms with Gasteiger partial charge in [-0.05, 0) is 41.5 Å². The van der Waals surface area contributed by atoms with Gasteiger partial charge in [0.2, 0.25) is 0 Å². The molecule has 0 aliphatic rings. The van der Waals surface area contributed by atoms with Crippen LogP contribution in [0.3, 0.4) is 0 Å². The molecule has 1 N–H and O–H groups in total. The molecule has 0 saturated heterocycles. The Hall–Kier alpha value is -1.58. The quantitative estimate of drug-likeness (QED) is 0.899. The van der Waals surface area contributed by atoms with Crippen LogP contribution in [0.1, 0.15) is 11.1 Å². The summed E-state index contributed by atoms with van der Waals surface area (Å²) < 4.78 is 18.2. The molecule has 0 fully saturated rings. The molecule has 0 spiro atoms. The van der Waals surface area contributed by atoms with E-state index in [0.29, 0.717) is 18.1 Å². The van der Waals surface area contributed by atoms with E-state index in [1.165, 1.54) is 12.1 Å². The van der Waals surface area contributed by atoms with Crippen LogP contribution in [0.15, 0.2) is 42.5 Å². The minimum Gasteiger partial charge on any atom is -0.497 e. The Bertz CT molecular complexity index is 522. The predicted molar refractivity (Wildman–Crippen MR) is 74.9 cm³/mol. The summed E-state index contributed by atoms with van der Waals surface area (Å²) in [5, 5.41) is 3.66. The average molecular weight is 280 g/mol. The molecule has 0 amide bonds. The van der Waals surface area contributed by atoms with Gasteiger partial charge in [0.25, 0.3) is 0 Å². The zero-order valence-corrected chi connectivity index (χ0v) is 11.4. The van der Waals surface area contributed by atoms with E-state index in [1.54, 1.807) is 13.2 Å². The lowest BCUT2D eigenvalue weighted by molar-refractivity contribution is 0.414. The van der Waals surface area contributed by atoms with Crippen LogP contribution < -0.4 is 10.1 Å².